The molecule has 1 fully saturated rings. The van der Waals surface area contributed by atoms with E-state index < -0.39 is 6.10 Å². The number of nitrogens with zero attached hydrogens (tertiary/aromatic N) is 2. The number of aromatic amines is 1. The van der Waals surface area contributed by atoms with Crippen molar-refractivity contribution in [1.29, 1.82) is 0 Å². The van der Waals surface area contributed by atoms with Crippen LogP contribution in [-0.4, -0.2) is 45.5 Å². The maximum atomic E-state index is 12.1. The molecule has 0 spiro atoms. The van der Waals surface area contributed by atoms with Gasteiger partial charge in [0.2, 0.25) is 0 Å². The van der Waals surface area contributed by atoms with Crippen molar-refractivity contribution >= 4 is 17.2 Å². The molecule has 6 nitrogen and oxygen atoms in total. The molecule has 1 atom stereocenters. The highest BCUT2D eigenvalue weighted by Gasteiger charge is 2.28. The minimum Gasteiger partial charge on any atom is -0.389 e. The number of thiophene rings is 1. The van der Waals surface area contributed by atoms with Gasteiger partial charge in [-0.2, -0.15) is 5.10 Å². The van der Waals surface area contributed by atoms with Crippen molar-refractivity contribution in [3.8, 4) is 10.6 Å². The third-order valence-corrected chi connectivity index (χ3v) is 3.86. The highest BCUT2D eigenvalue weighted by atomic mass is 32.1. The fourth-order valence-electron chi connectivity index (χ4n) is 1.88. The van der Waals surface area contributed by atoms with E-state index in [2.05, 4.69) is 10.2 Å². The third-order valence-electron chi connectivity index (χ3n) is 2.83. The molecular formula is C12H13N3O3S. The molecule has 0 aromatic carbocycles. The van der Waals surface area contributed by atoms with Crippen LogP contribution in [-0.2, 0) is 4.84 Å². The van der Waals surface area contributed by atoms with E-state index in [0.717, 1.165) is 15.6 Å². The Morgan fingerprint density at radius 1 is 1.63 bits per heavy atom. The summed E-state index contributed by atoms with van der Waals surface area (Å²) in [6.07, 6.45) is -0.623. The predicted molar refractivity (Wildman–Crippen MR) is 69.6 cm³/mol. The van der Waals surface area contributed by atoms with Gasteiger partial charge >= 0.3 is 0 Å². The molecule has 100 valence electrons. The van der Waals surface area contributed by atoms with Crippen molar-refractivity contribution < 1.29 is 14.7 Å². The first kappa shape index (κ1) is 12.3. The van der Waals surface area contributed by atoms with Crippen LogP contribution in [0.25, 0.3) is 10.6 Å². The lowest BCUT2D eigenvalue weighted by molar-refractivity contribution is -0.0783. The van der Waals surface area contributed by atoms with Crippen LogP contribution in [0.1, 0.15) is 15.4 Å². The number of β-amino-alcohol motifs (C(OH)–C–C–N with tert-alkyl or cyclic N) is 1. The van der Waals surface area contributed by atoms with Gasteiger partial charge in [0.1, 0.15) is 12.7 Å². The lowest BCUT2D eigenvalue weighted by Crippen LogP contribution is -2.28. The maximum Gasteiger partial charge on any atom is 0.298 e. The van der Waals surface area contributed by atoms with Crippen LogP contribution in [0, 0.1) is 6.92 Å². The third kappa shape index (κ3) is 2.40. The van der Waals surface area contributed by atoms with Crippen LogP contribution in [0.4, 0.5) is 0 Å². The first-order chi connectivity index (χ1) is 9.13. The highest BCUT2D eigenvalue weighted by Crippen LogP contribution is 2.26. The molecule has 1 amide bonds. The number of nitrogens with one attached hydrogen (secondary N) is 1. The van der Waals surface area contributed by atoms with Crippen LogP contribution in [0.5, 0.6) is 0 Å². The molecular weight excluding hydrogens is 266 g/mol. The normalized spacial score (nSPS) is 19.1. The number of aliphatic hydroxyl groups excluding tert-OH is 1. The van der Waals surface area contributed by atoms with E-state index in [1.807, 2.05) is 19.1 Å². The number of carbonyl (C=O) groups is 1. The minimum absolute atomic E-state index is 0.146. The van der Waals surface area contributed by atoms with E-state index >= 15 is 0 Å². The van der Waals surface area contributed by atoms with Crippen LogP contribution in [0.2, 0.25) is 0 Å². The number of hydrogen-bond acceptors (Lipinski definition) is 5. The van der Waals surface area contributed by atoms with Gasteiger partial charge in [0.15, 0.2) is 5.69 Å². The molecule has 0 bridgehead atoms. The zero-order chi connectivity index (χ0) is 13.4. The van der Waals surface area contributed by atoms with Crippen molar-refractivity contribution in [2.75, 3.05) is 13.2 Å². The Hall–Kier alpha value is -1.70. The van der Waals surface area contributed by atoms with Crippen LogP contribution in [0.15, 0.2) is 18.2 Å². The van der Waals surface area contributed by atoms with Crippen molar-refractivity contribution in [3.05, 3.63) is 28.8 Å². The minimum atomic E-state index is -0.623. The summed E-state index contributed by atoms with van der Waals surface area (Å²) in [5.74, 6) is -0.340. The smallest absolute Gasteiger partial charge is 0.298 e. The summed E-state index contributed by atoms with van der Waals surface area (Å²) in [6, 6.07) is 5.70. The number of hydrogen-bond donors (Lipinski definition) is 2. The Bertz CT molecular complexity index is 607. The Morgan fingerprint density at radius 2 is 2.47 bits per heavy atom. The maximum absolute atomic E-state index is 12.1. The molecule has 0 unspecified atom stereocenters. The SMILES string of the molecule is Cc1ccc(-c2cc(C(=O)N3C[C@@H](O)CO3)n[nH]2)s1. The first-order valence-corrected chi connectivity index (χ1v) is 6.70. The quantitative estimate of drug-likeness (QED) is 0.865. The van der Waals surface area contributed by atoms with Gasteiger partial charge in [0.05, 0.1) is 17.1 Å². The Labute approximate surface area is 113 Å². The van der Waals surface area contributed by atoms with Crippen LogP contribution >= 0.6 is 11.3 Å². The molecule has 3 heterocycles. The monoisotopic (exact) mass is 279 g/mol. The summed E-state index contributed by atoms with van der Waals surface area (Å²) in [6.45, 7) is 2.35. The number of aryl methyl sites for hydroxylation is 1. The number of aromatic nitrogens is 2. The largest absolute Gasteiger partial charge is 0.389 e. The lowest BCUT2D eigenvalue weighted by Gasteiger charge is -2.11. The van der Waals surface area contributed by atoms with Gasteiger partial charge in [-0.3, -0.25) is 14.7 Å². The second-order valence-electron chi connectivity index (χ2n) is 4.39. The number of amides is 1. The first-order valence-electron chi connectivity index (χ1n) is 5.88. The van der Waals surface area contributed by atoms with Gasteiger partial charge in [-0.25, -0.2) is 5.06 Å². The van der Waals surface area contributed by atoms with Crippen molar-refractivity contribution in [1.82, 2.24) is 15.3 Å². The predicted octanol–water partition coefficient (Wildman–Crippen LogP) is 1.19. The van der Waals surface area contributed by atoms with E-state index in [9.17, 15) is 9.90 Å². The average Bonchev–Trinajstić information content (AvgIpc) is 3.07. The van der Waals surface area contributed by atoms with Crippen molar-refractivity contribution in [2.24, 2.45) is 0 Å². The fourth-order valence-corrected chi connectivity index (χ4v) is 2.71. The Morgan fingerprint density at radius 3 is 3.11 bits per heavy atom. The Balaban J connectivity index is 1.79. The summed E-state index contributed by atoms with van der Waals surface area (Å²) >= 11 is 1.63. The number of hydroxylamine groups is 2. The van der Waals surface area contributed by atoms with E-state index in [0.29, 0.717) is 0 Å². The van der Waals surface area contributed by atoms with Gasteiger partial charge in [0.25, 0.3) is 5.91 Å². The van der Waals surface area contributed by atoms with E-state index in [4.69, 9.17) is 4.84 Å². The molecule has 1 aliphatic heterocycles. The number of carbonyl (C=O) groups excluding carboxylic acids is 1. The van der Waals surface area contributed by atoms with Gasteiger partial charge in [-0.1, -0.05) is 0 Å². The second kappa shape index (κ2) is 4.76. The molecule has 0 saturated carbocycles. The zero-order valence-corrected chi connectivity index (χ0v) is 11.1. The molecule has 0 aliphatic carbocycles. The second-order valence-corrected chi connectivity index (χ2v) is 5.68. The standard InChI is InChI=1S/C12H13N3O3S/c1-7-2-3-11(19-7)9-4-10(14-13-9)12(17)15-5-8(16)6-18-15/h2-4,8,16H,5-6H2,1H3,(H,13,14)/t8-/m1/s1. The van der Waals surface area contributed by atoms with Crippen LogP contribution < -0.4 is 0 Å². The average molecular weight is 279 g/mol. The van der Waals surface area contributed by atoms with E-state index in [1.165, 1.54) is 4.88 Å². The van der Waals surface area contributed by atoms with Crippen molar-refractivity contribution in [3.63, 3.8) is 0 Å². The number of rotatable bonds is 2. The lowest BCUT2D eigenvalue weighted by atomic mass is 10.3. The molecule has 0 radical (unpaired) electrons. The molecule has 1 aliphatic rings. The topological polar surface area (TPSA) is 78.5 Å². The summed E-state index contributed by atoms with van der Waals surface area (Å²) in [7, 11) is 0. The molecule has 2 aromatic rings. The van der Waals surface area contributed by atoms with E-state index in [1.54, 1.807) is 17.4 Å². The molecule has 2 N–H and O–H groups in total. The van der Waals surface area contributed by atoms with Crippen molar-refractivity contribution in [2.45, 2.75) is 13.0 Å². The van der Waals surface area contributed by atoms with E-state index in [-0.39, 0.29) is 24.8 Å². The molecule has 3 rings (SSSR count). The Kier molecular flexibility index (Phi) is 3.09. The molecule has 7 heteroatoms. The number of H-pyrrole nitrogens is 1. The molecule has 19 heavy (non-hydrogen) atoms. The van der Waals surface area contributed by atoms with Gasteiger partial charge in [-0.05, 0) is 25.1 Å². The number of aliphatic hydroxyl groups is 1. The van der Waals surface area contributed by atoms with Gasteiger partial charge in [0, 0.05) is 4.88 Å². The van der Waals surface area contributed by atoms with Gasteiger partial charge < -0.3 is 5.11 Å². The summed E-state index contributed by atoms with van der Waals surface area (Å²) < 4.78 is 0. The fraction of sp³-hybridized carbons (Fsp3) is 0.333. The summed E-state index contributed by atoms with van der Waals surface area (Å²) in [5, 5.41) is 17.3. The van der Waals surface area contributed by atoms with Gasteiger partial charge in [-0.15, -0.1) is 11.3 Å². The molecule has 1 saturated heterocycles. The van der Waals surface area contributed by atoms with Crippen LogP contribution in [0.3, 0.4) is 0 Å². The summed E-state index contributed by atoms with van der Waals surface area (Å²) in [5.41, 5.74) is 1.09. The zero-order valence-electron chi connectivity index (χ0n) is 10.3. The molecule has 2 aromatic heterocycles. The highest BCUT2D eigenvalue weighted by molar-refractivity contribution is 7.15. The summed E-state index contributed by atoms with van der Waals surface area (Å²) in [4.78, 5) is 19.4.